The monoisotopic (exact) mass is 450 g/mol. The summed E-state index contributed by atoms with van der Waals surface area (Å²) in [6.07, 6.45) is 2.04. The van der Waals surface area contributed by atoms with Gasteiger partial charge < -0.3 is 5.32 Å². The summed E-state index contributed by atoms with van der Waals surface area (Å²) >= 11 is 14.1. The number of thioether (sulfide) groups is 1. The number of benzene rings is 2. The molecule has 3 rings (SSSR count). The van der Waals surface area contributed by atoms with Crippen LogP contribution in [0.25, 0.3) is 0 Å². The van der Waals surface area contributed by atoms with Gasteiger partial charge in [0.05, 0.1) is 5.92 Å². The maximum atomic E-state index is 12.6. The molecule has 1 fully saturated rings. The highest BCUT2D eigenvalue weighted by molar-refractivity contribution is 7.98. The van der Waals surface area contributed by atoms with Crippen molar-refractivity contribution in [2.45, 2.75) is 32.1 Å². The average molecular weight is 451 g/mol. The Morgan fingerprint density at radius 3 is 2.62 bits per heavy atom. The summed E-state index contributed by atoms with van der Waals surface area (Å²) in [6, 6.07) is 14.2. The standard InChI is InChI=1S/C23H28Cl2N2OS/c1-17-7-9-18(10-8-17)14-27-12-3-4-19(15-27)23(28)26-11-13-29-16-20-21(24)5-2-6-22(20)25/h2,5-10,19H,3-4,11-16H2,1H3,(H,26,28). The predicted molar refractivity (Wildman–Crippen MR) is 125 cm³/mol. The summed E-state index contributed by atoms with van der Waals surface area (Å²) < 4.78 is 0. The van der Waals surface area contributed by atoms with E-state index in [1.54, 1.807) is 11.8 Å². The van der Waals surface area contributed by atoms with Crippen molar-refractivity contribution in [1.29, 1.82) is 0 Å². The van der Waals surface area contributed by atoms with Crippen molar-refractivity contribution in [2.24, 2.45) is 5.92 Å². The fourth-order valence-electron chi connectivity index (χ4n) is 3.60. The molecule has 1 amide bonds. The zero-order valence-electron chi connectivity index (χ0n) is 16.8. The van der Waals surface area contributed by atoms with Gasteiger partial charge in [-0.05, 0) is 49.6 Å². The molecular weight excluding hydrogens is 423 g/mol. The highest BCUT2D eigenvalue weighted by atomic mass is 35.5. The SMILES string of the molecule is Cc1ccc(CN2CCCC(C(=O)NCCSCc3c(Cl)cccc3Cl)C2)cc1. The highest BCUT2D eigenvalue weighted by Gasteiger charge is 2.25. The lowest BCUT2D eigenvalue weighted by Crippen LogP contribution is -2.43. The van der Waals surface area contributed by atoms with Gasteiger partial charge in [-0.25, -0.2) is 0 Å². The molecule has 156 valence electrons. The van der Waals surface area contributed by atoms with Gasteiger partial charge >= 0.3 is 0 Å². The summed E-state index contributed by atoms with van der Waals surface area (Å²) in [6.45, 7) is 5.58. The molecule has 1 N–H and O–H groups in total. The number of amides is 1. The molecule has 1 unspecified atom stereocenters. The van der Waals surface area contributed by atoms with Crippen molar-refractivity contribution >= 4 is 40.9 Å². The second kappa shape index (κ2) is 11.3. The van der Waals surface area contributed by atoms with E-state index < -0.39 is 0 Å². The van der Waals surface area contributed by atoms with Gasteiger partial charge in [-0.15, -0.1) is 0 Å². The first-order chi connectivity index (χ1) is 14.0. The van der Waals surface area contributed by atoms with Crippen molar-refractivity contribution in [2.75, 3.05) is 25.4 Å². The Hall–Kier alpha value is -1.20. The van der Waals surface area contributed by atoms with Crippen LogP contribution in [-0.4, -0.2) is 36.2 Å². The lowest BCUT2D eigenvalue weighted by atomic mass is 9.96. The van der Waals surface area contributed by atoms with Crippen LogP contribution in [0.3, 0.4) is 0 Å². The van der Waals surface area contributed by atoms with Crippen LogP contribution in [0.1, 0.15) is 29.5 Å². The van der Waals surface area contributed by atoms with E-state index in [9.17, 15) is 4.79 Å². The van der Waals surface area contributed by atoms with Gasteiger partial charge in [-0.3, -0.25) is 9.69 Å². The largest absolute Gasteiger partial charge is 0.355 e. The third-order valence-electron chi connectivity index (χ3n) is 5.26. The molecule has 0 aliphatic carbocycles. The Kier molecular flexibility index (Phi) is 8.73. The quantitative estimate of drug-likeness (QED) is 0.533. The van der Waals surface area contributed by atoms with Crippen molar-refractivity contribution in [3.05, 3.63) is 69.2 Å². The Balaban J connectivity index is 1.38. The number of piperidine rings is 1. The van der Waals surface area contributed by atoms with Gasteiger partial charge in [0.1, 0.15) is 0 Å². The van der Waals surface area contributed by atoms with Crippen LogP contribution in [0, 0.1) is 12.8 Å². The van der Waals surface area contributed by atoms with Crippen molar-refractivity contribution in [1.82, 2.24) is 10.2 Å². The van der Waals surface area contributed by atoms with Crippen molar-refractivity contribution < 1.29 is 4.79 Å². The fraction of sp³-hybridized carbons (Fsp3) is 0.435. The lowest BCUT2D eigenvalue weighted by molar-refractivity contribution is -0.126. The molecule has 0 spiro atoms. The molecule has 0 bridgehead atoms. The first-order valence-corrected chi connectivity index (χ1v) is 12.0. The zero-order chi connectivity index (χ0) is 20.6. The van der Waals surface area contributed by atoms with Crippen LogP contribution in [-0.2, 0) is 17.1 Å². The first-order valence-electron chi connectivity index (χ1n) is 10.1. The number of hydrogen-bond acceptors (Lipinski definition) is 3. The molecule has 1 atom stereocenters. The second-order valence-electron chi connectivity index (χ2n) is 7.60. The predicted octanol–water partition coefficient (Wildman–Crippen LogP) is 5.56. The number of hydrogen-bond donors (Lipinski definition) is 1. The number of nitrogens with zero attached hydrogens (tertiary/aromatic N) is 1. The summed E-state index contributed by atoms with van der Waals surface area (Å²) in [5, 5.41) is 4.51. The molecular formula is C23H28Cl2N2OS. The molecule has 0 saturated carbocycles. The number of halogens is 2. The van der Waals surface area contributed by atoms with E-state index in [1.165, 1.54) is 11.1 Å². The third-order valence-corrected chi connectivity index (χ3v) is 6.95. The number of carbonyl (C=O) groups excluding carboxylic acids is 1. The lowest BCUT2D eigenvalue weighted by Gasteiger charge is -2.32. The summed E-state index contributed by atoms with van der Waals surface area (Å²) in [5.74, 6) is 1.85. The summed E-state index contributed by atoms with van der Waals surface area (Å²) in [4.78, 5) is 15.0. The third kappa shape index (κ3) is 6.92. The summed E-state index contributed by atoms with van der Waals surface area (Å²) in [7, 11) is 0. The van der Waals surface area contributed by atoms with Gasteiger partial charge in [0.25, 0.3) is 0 Å². The Bertz CT molecular complexity index is 793. The minimum absolute atomic E-state index is 0.0808. The molecule has 1 saturated heterocycles. The first kappa shape index (κ1) is 22.5. The Labute approximate surface area is 188 Å². The average Bonchev–Trinajstić information content (AvgIpc) is 2.71. The van der Waals surface area contributed by atoms with Gasteiger partial charge in [0, 0.05) is 41.2 Å². The molecule has 1 aliphatic heterocycles. The van der Waals surface area contributed by atoms with Crippen molar-refractivity contribution in [3.63, 3.8) is 0 Å². The fourth-order valence-corrected chi connectivity index (χ4v) is 5.20. The molecule has 6 heteroatoms. The smallest absolute Gasteiger partial charge is 0.224 e. The van der Waals surface area contributed by atoms with Crippen LogP contribution in [0.4, 0.5) is 0 Å². The van der Waals surface area contributed by atoms with Gasteiger partial charge in [0.15, 0.2) is 0 Å². The van der Waals surface area contributed by atoms with Gasteiger partial charge in [0.2, 0.25) is 5.91 Å². The van der Waals surface area contributed by atoms with Crippen LogP contribution < -0.4 is 5.32 Å². The van der Waals surface area contributed by atoms with E-state index in [4.69, 9.17) is 23.2 Å². The topological polar surface area (TPSA) is 32.3 Å². The maximum Gasteiger partial charge on any atom is 0.224 e. The summed E-state index contributed by atoms with van der Waals surface area (Å²) in [5.41, 5.74) is 3.55. The number of nitrogens with one attached hydrogen (secondary N) is 1. The van der Waals surface area contributed by atoms with E-state index in [1.807, 2.05) is 18.2 Å². The Morgan fingerprint density at radius 1 is 1.17 bits per heavy atom. The highest BCUT2D eigenvalue weighted by Crippen LogP contribution is 2.28. The minimum Gasteiger partial charge on any atom is -0.355 e. The van der Waals surface area contributed by atoms with Crippen LogP contribution in [0.15, 0.2) is 42.5 Å². The second-order valence-corrected chi connectivity index (χ2v) is 9.52. The van der Waals surface area contributed by atoms with Gasteiger partial charge in [-0.2, -0.15) is 11.8 Å². The van der Waals surface area contributed by atoms with Gasteiger partial charge in [-0.1, -0.05) is 59.1 Å². The number of carbonyl (C=O) groups is 1. The molecule has 2 aromatic carbocycles. The van der Waals surface area contributed by atoms with E-state index >= 15 is 0 Å². The van der Waals surface area contributed by atoms with Crippen molar-refractivity contribution in [3.8, 4) is 0 Å². The molecule has 29 heavy (non-hydrogen) atoms. The molecule has 0 aromatic heterocycles. The van der Waals surface area contributed by atoms with E-state index in [0.29, 0.717) is 16.6 Å². The van der Waals surface area contributed by atoms with E-state index in [2.05, 4.69) is 41.4 Å². The molecule has 2 aromatic rings. The number of likely N-dealkylation sites (tertiary alicyclic amines) is 1. The molecule has 0 radical (unpaired) electrons. The minimum atomic E-state index is 0.0808. The molecule has 3 nitrogen and oxygen atoms in total. The molecule has 1 aliphatic rings. The Morgan fingerprint density at radius 2 is 1.90 bits per heavy atom. The zero-order valence-corrected chi connectivity index (χ0v) is 19.1. The number of aryl methyl sites for hydroxylation is 1. The van der Waals surface area contributed by atoms with Crippen LogP contribution in [0.5, 0.6) is 0 Å². The van der Waals surface area contributed by atoms with E-state index in [0.717, 1.165) is 49.5 Å². The normalized spacial score (nSPS) is 17.3. The maximum absolute atomic E-state index is 12.6. The van der Waals surface area contributed by atoms with Crippen LogP contribution >= 0.6 is 35.0 Å². The van der Waals surface area contributed by atoms with Crippen LogP contribution in [0.2, 0.25) is 10.0 Å². The molecule has 1 heterocycles. The van der Waals surface area contributed by atoms with E-state index in [-0.39, 0.29) is 11.8 Å². The number of rotatable bonds is 8.